The quantitative estimate of drug-likeness (QED) is 0.688. The van der Waals surface area contributed by atoms with Crippen molar-refractivity contribution in [2.45, 2.75) is 0 Å². The molecule has 5 nitrogen and oxygen atoms in total. The van der Waals surface area contributed by atoms with E-state index in [2.05, 4.69) is 20.6 Å². The van der Waals surface area contributed by atoms with Crippen LogP contribution in [0.15, 0.2) is 48.8 Å². The highest BCUT2D eigenvalue weighted by molar-refractivity contribution is 6.04. The highest BCUT2D eigenvalue weighted by Gasteiger charge is 2.15. The third-order valence-electron chi connectivity index (χ3n) is 3.31. The average molecular weight is 362 g/mol. The molecular weight excluding hydrogens is 352 g/mol. The molecule has 0 unspecified atom stereocenters. The molecular formula is C17H10F4N4O. The van der Waals surface area contributed by atoms with E-state index in [-0.39, 0.29) is 11.5 Å². The molecule has 0 radical (unpaired) electrons. The third-order valence-corrected chi connectivity index (χ3v) is 3.31. The summed E-state index contributed by atoms with van der Waals surface area (Å²) in [6.45, 7) is 0. The van der Waals surface area contributed by atoms with Gasteiger partial charge in [-0.1, -0.05) is 12.1 Å². The molecule has 1 aromatic heterocycles. The van der Waals surface area contributed by atoms with Crippen molar-refractivity contribution < 1.29 is 22.4 Å². The second-order valence-corrected chi connectivity index (χ2v) is 5.07. The minimum atomic E-state index is -0.937. The Bertz CT molecular complexity index is 923. The second-order valence-electron chi connectivity index (χ2n) is 5.07. The smallest absolute Gasteiger partial charge is 0.258 e. The predicted octanol–water partition coefficient (Wildman–Crippen LogP) is 4.03. The first-order valence-corrected chi connectivity index (χ1v) is 7.24. The summed E-state index contributed by atoms with van der Waals surface area (Å²) < 4.78 is 54.2. The molecule has 0 aliphatic rings. The zero-order valence-electron chi connectivity index (χ0n) is 12.9. The number of hydrogen-bond acceptors (Lipinski definition) is 4. The number of benzene rings is 2. The summed E-state index contributed by atoms with van der Waals surface area (Å²) >= 11 is 0. The van der Waals surface area contributed by atoms with Crippen LogP contribution in [-0.2, 0) is 0 Å². The average Bonchev–Trinajstić information content (AvgIpc) is 2.62. The zero-order chi connectivity index (χ0) is 18.7. The van der Waals surface area contributed by atoms with Crippen molar-refractivity contribution in [2.24, 2.45) is 0 Å². The molecule has 0 fully saturated rings. The number of amides is 1. The van der Waals surface area contributed by atoms with Crippen molar-refractivity contribution >= 4 is 23.2 Å². The van der Waals surface area contributed by atoms with E-state index in [9.17, 15) is 22.4 Å². The molecule has 0 saturated carbocycles. The Morgan fingerprint density at radius 1 is 0.769 bits per heavy atom. The molecule has 26 heavy (non-hydrogen) atoms. The van der Waals surface area contributed by atoms with E-state index in [1.165, 1.54) is 6.07 Å². The first kappa shape index (κ1) is 17.3. The molecule has 0 atom stereocenters. The second kappa shape index (κ2) is 7.18. The molecule has 1 amide bonds. The minimum Gasteiger partial charge on any atom is -0.319 e. The van der Waals surface area contributed by atoms with E-state index in [4.69, 9.17) is 0 Å². The summed E-state index contributed by atoms with van der Waals surface area (Å²) in [4.78, 5) is 19.6. The van der Waals surface area contributed by atoms with Crippen LogP contribution in [0.5, 0.6) is 0 Å². The highest BCUT2D eigenvalue weighted by atomic mass is 19.1. The molecule has 0 bridgehead atoms. The Kier molecular flexibility index (Phi) is 4.78. The van der Waals surface area contributed by atoms with E-state index in [1.807, 2.05) is 0 Å². The SMILES string of the molecule is O=C(Nc1c(F)cccc1F)c1cnc(Nc2c(F)cccc2F)nc1. The Balaban J connectivity index is 1.76. The lowest BCUT2D eigenvalue weighted by molar-refractivity contribution is 0.102. The molecule has 132 valence electrons. The summed E-state index contributed by atoms with van der Waals surface area (Å²) in [5.74, 6) is -4.57. The number of aromatic nitrogens is 2. The lowest BCUT2D eigenvalue weighted by Gasteiger charge is -2.09. The van der Waals surface area contributed by atoms with E-state index in [0.717, 1.165) is 42.7 Å². The van der Waals surface area contributed by atoms with Gasteiger partial charge < -0.3 is 10.6 Å². The van der Waals surface area contributed by atoms with Gasteiger partial charge in [0.2, 0.25) is 5.95 Å². The van der Waals surface area contributed by atoms with E-state index in [1.54, 1.807) is 0 Å². The van der Waals surface area contributed by atoms with Crippen molar-refractivity contribution in [1.82, 2.24) is 9.97 Å². The molecule has 0 spiro atoms. The number of hydrogen-bond donors (Lipinski definition) is 2. The van der Waals surface area contributed by atoms with Crippen LogP contribution in [-0.4, -0.2) is 15.9 Å². The molecule has 0 aliphatic carbocycles. The van der Waals surface area contributed by atoms with Gasteiger partial charge in [0.15, 0.2) is 0 Å². The monoisotopic (exact) mass is 362 g/mol. The standard InChI is InChI=1S/C17H10F4N4O/c18-10-3-1-4-11(19)14(10)24-16(26)9-7-22-17(23-8-9)25-15-12(20)5-2-6-13(15)21/h1-8H,(H,24,26)(H,22,23,25). The number of carbonyl (C=O) groups excluding carboxylic acids is 1. The van der Waals surface area contributed by atoms with Crippen LogP contribution in [0.25, 0.3) is 0 Å². The van der Waals surface area contributed by atoms with Crippen LogP contribution in [0.4, 0.5) is 34.9 Å². The van der Waals surface area contributed by atoms with Crippen molar-refractivity contribution in [2.75, 3.05) is 10.6 Å². The minimum absolute atomic E-state index is 0.104. The Morgan fingerprint density at radius 2 is 1.23 bits per heavy atom. The number of carbonyl (C=O) groups is 1. The lowest BCUT2D eigenvalue weighted by atomic mass is 10.2. The van der Waals surface area contributed by atoms with Gasteiger partial charge in [-0.3, -0.25) is 4.79 Å². The molecule has 3 aromatic rings. The maximum atomic E-state index is 13.6. The van der Waals surface area contributed by atoms with Crippen LogP contribution in [0.1, 0.15) is 10.4 Å². The topological polar surface area (TPSA) is 66.9 Å². The molecule has 3 rings (SSSR count). The fourth-order valence-corrected chi connectivity index (χ4v) is 2.04. The Labute approximate surface area is 144 Å². The fourth-order valence-electron chi connectivity index (χ4n) is 2.04. The highest BCUT2D eigenvalue weighted by Crippen LogP contribution is 2.21. The van der Waals surface area contributed by atoms with Gasteiger partial charge in [0.25, 0.3) is 5.91 Å². The number of para-hydroxylation sites is 2. The van der Waals surface area contributed by atoms with Gasteiger partial charge >= 0.3 is 0 Å². The maximum absolute atomic E-state index is 13.6. The van der Waals surface area contributed by atoms with Gasteiger partial charge in [-0.2, -0.15) is 0 Å². The van der Waals surface area contributed by atoms with Crippen molar-refractivity contribution in [3.8, 4) is 0 Å². The van der Waals surface area contributed by atoms with Crippen LogP contribution < -0.4 is 10.6 Å². The van der Waals surface area contributed by atoms with Gasteiger partial charge in [0.1, 0.15) is 34.6 Å². The molecule has 0 aliphatic heterocycles. The normalized spacial score (nSPS) is 10.5. The summed E-state index contributed by atoms with van der Waals surface area (Å²) in [7, 11) is 0. The number of nitrogens with one attached hydrogen (secondary N) is 2. The number of halogens is 4. The summed E-state index contributed by atoms with van der Waals surface area (Å²) in [6.07, 6.45) is 2.09. The number of anilines is 3. The van der Waals surface area contributed by atoms with Gasteiger partial charge in [-0.05, 0) is 24.3 Å². The van der Waals surface area contributed by atoms with Crippen LogP contribution in [0.2, 0.25) is 0 Å². The largest absolute Gasteiger partial charge is 0.319 e. The first-order chi connectivity index (χ1) is 12.5. The molecule has 1 heterocycles. The van der Waals surface area contributed by atoms with Crippen molar-refractivity contribution in [3.05, 3.63) is 77.6 Å². The lowest BCUT2D eigenvalue weighted by Crippen LogP contribution is -2.15. The molecule has 9 heteroatoms. The van der Waals surface area contributed by atoms with Gasteiger partial charge in [-0.25, -0.2) is 27.5 Å². The van der Waals surface area contributed by atoms with E-state index in [0.29, 0.717) is 0 Å². The van der Waals surface area contributed by atoms with E-state index < -0.39 is 40.6 Å². The number of rotatable bonds is 4. The molecule has 2 aromatic carbocycles. The van der Waals surface area contributed by atoms with Crippen LogP contribution in [0.3, 0.4) is 0 Å². The van der Waals surface area contributed by atoms with Gasteiger partial charge in [0, 0.05) is 12.4 Å². The number of nitrogens with zero attached hydrogens (tertiary/aromatic N) is 2. The Morgan fingerprint density at radius 3 is 1.73 bits per heavy atom. The van der Waals surface area contributed by atoms with Gasteiger partial charge in [0.05, 0.1) is 5.56 Å². The van der Waals surface area contributed by atoms with E-state index >= 15 is 0 Å². The molecule has 0 saturated heterocycles. The zero-order valence-corrected chi connectivity index (χ0v) is 12.9. The predicted molar refractivity (Wildman–Crippen MR) is 86.0 cm³/mol. The Hall–Kier alpha value is -3.49. The van der Waals surface area contributed by atoms with Gasteiger partial charge in [-0.15, -0.1) is 0 Å². The summed E-state index contributed by atoms with van der Waals surface area (Å²) in [5, 5.41) is 4.42. The van der Waals surface area contributed by atoms with Crippen molar-refractivity contribution in [1.29, 1.82) is 0 Å². The first-order valence-electron chi connectivity index (χ1n) is 7.24. The maximum Gasteiger partial charge on any atom is 0.258 e. The van der Waals surface area contributed by atoms with Crippen LogP contribution >= 0.6 is 0 Å². The fraction of sp³-hybridized carbons (Fsp3) is 0. The molecule has 2 N–H and O–H groups in total. The van der Waals surface area contributed by atoms with Crippen LogP contribution in [0, 0.1) is 23.3 Å². The third kappa shape index (κ3) is 3.61. The summed E-state index contributed by atoms with van der Waals surface area (Å²) in [5.41, 5.74) is -1.15. The van der Waals surface area contributed by atoms with Crippen molar-refractivity contribution in [3.63, 3.8) is 0 Å². The summed E-state index contributed by atoms with van der Waals surface area (Å²) in [6, 6.07) is 6.44.